The summed E-state index contributed by atoms with van der Waals surface area (Å²) in [6.45, 7) is 0. The minimum absolute atomic E-state index is 0.224. The van der Waals surface area contributed by atoms with Gasteiger partial charge in [0, 0.05) is 16.5 Å². The second-order valence-corrected chi connectivity index (χ2v) is 4.01. The highest BCUT2D eigenvalue weighted by Crippen LogP contribution is 2.34. The van der Waals surface area contributed by atoms with Crippen molar-refractivity contribution in [1.82, 2.24) is 0 Å². The fraction of sp³-hybridized carbons (Fsp3) is 0.222. The van der Waals surface area contributed by atoms with Crippen LogP contribution in [0.25, 0.3) is 0 Å². The molecule has 0 aromatic heterocycles. The Kier molecular flexibility index (Phi) is 1.97. The van der Waals surface area contributed by atoms with E-state index >= 15 is 0 Å². The van der Waals surface area contributed by atoms with Gasteiger partial charge in [0.1, 0.15) is 0 Å². The minimum atomic E-state index is 0.224. The van der Waals surface area contributed by atoms with Crippen LogP contribution in [0.2, 0.25) is 5.02 Å². The van der Waals surface area contributed by atoms with Crippen LogP contribution in [-0.4, -0.2) is 5.78 Å². The second-order valence-electron chi connectivity index (χ2n) is 2.81. The van der Waals surface area contributed by atoms with Crippen LogP contribution in [-0.2, 0) is 6.42 Å². The zero-order valence-corrected chi connectivity index (χ0v) is 8.58. The molecule has 0 unspecified atom stereocenters. The van der Waals surface area contributed by atoms with E-state index in [1.54, 1.807) is 12.1 Å². The van der Waals surface area contributed by atoms with Gasteiger partial charge in [-0.25, -0.2) is 0 Å². The summed E-state index contributed by atoms with van der Waals surface area (Å²) in [5, 5.41) is 0.684. The smallest absolute Gasteiger partial charge is 0.163 e. The molecule has 1 aliphatic rings. The highest BCUT2D eigenvalue weighted by molar-refractivity contribution is 9.10. The van der Waals surface area contributed by atoms with E-state index in [0.29, 0.717) is 11.4 Å². The number of rotatable bonds is 0. The molecule has 0 amide bonds. The summed E-state index contributed by atoms with van der Waals surface area (Å²) in [6.07, 6.45) is 1.43. The lowest BCUT2D eigenvalue weighted by Gasteiger charge is -2.01. The molecule has 0 radical (unpaired) electrons. The standard InChI is InChI=1S/C9H6BrClO/c10-9-6-2-4-8(12)5(6)1-3-7(9)11/h1,3H,2,4H2. The van der Waals surface area contributed by atoms with E-state index < -0.39 is 0 Å². The SMILES string of the molecule is O=C1CCc2c1ccc(Cl)c2Br. The van der Waals surface area contributed by atoms with Crippen molar-refractivity contribution < 1.29 is 4.79 Å². The maximum atomic E-state index is 11.3. The lowest BCUT2D eigenvalue weighted by Crippen LogP contribution is -1.90. The number of carbonyl (C=O) groups excluding carboxylic acids is 1. The van der Waals surface area contributed by atoms with E-state index in [2.05, 4.69) is 15.9 Å². The first kappa shape index (κ1) is 8.27. The molecule has 0 heterocycles. The number of carbonyl (C=O) groups is 1. The Morgan fingerprint density at radius 3 is 2.83 bits per heavy atom. The van der Waals surface area contributed by atoms with Crippen molar-refractivity contribution in [3.8, 4) is 0 Å². The van der Waals surface area contributed by atoms with Crippen molar-refractivity contribution in [3.63, 3.8) is 0 Å². The summed E-state index contributed by atoms with van der Waals surface area (Å²) in [7, 11) is 0. The first-order valence-electron chi connectivity index (χ1n) is 3.70. The maximum absolute atomic E-state index is 11.3. The number of benzene rings is 1. The van der Waals surface area contributed by atoms with Crippen LogP contribution in [0.3, 0.4) is 0 Å². The molecule has 0 bridgehead atoms. The third-order valence-corrected chi connectivity index (χ3v) is 3.55. The third-order valence-electron chi connectivity index (χ3n) is 2.10. The molecule has 0 fully saturated rings. The molecule has 0 spiro atoms. The normalized spacial score (nSPS) is 15.0. The molecule has 1 aliphatic carbocycles. The molecule has 0 saturated carbocycles. The second kappa shape index (κ2) is 2.86. The van der Waals surface area contributed by atoms with Gasteiger partial charge in [-0.3, -0.25) is 4.79 Å². The van der Waals surface area contributed by atoms with Crippen molar-refractivity contribution >= 4 is 33.3 Å². The average Bonchev–Trinajstić information content (AvgIpc) is 2.41. The van der Waals surface area contributed by atoms with E-state index in [-0.39, 0.29) is 5.78 Å². The number of hydrogen-bond donors (Lipinski definition) is 0. The van der Waals surface area contributed by atoms with Gasteiger partial charge in [0.15, 0.2) is 5.78 Å². The Labute approximate surface area is 83.9 Å². The van der Waals surface area contributed by atoms with Crippen molar-refractivity contribution in [2.45, 2.75) is 12.8 Å². The van der Waals surface area contributed by atoms with Gasteiger partial charge < -0.3 is 0 Å². The van der Waals surface area contributed by atoms with Gasteiger partial charge in [0.2, 0.25) is 0 Å². The number of hydrogen-bond acceptors (Lipinski definition) is 1. The molecule has 12 heavy (non-hydrogen) atoms. The highest BCUT2D eigenvalue weighted by Gasteiger charge is 2.22. The fourth-order valence-corrected chi connectivity index (χ4v) is 2.19. The summed E-state index contributed by atoms with van der Waals surface area (Å²) >= 11 is 9.26. The lowest BCUT2D eigenvalue weighted by molar-refractivity contribution is 0.0994. The van der Waals surface area contributed by atoms with E-state index in [4.69, 9.17) is 11.6 Å². The molecule has 1 aromatic carbocycles. The van der Waals surface area contributed by atoms with E-state index in [0.717, 1.165) is 22.0 Å². The maximum Gasteiger partial charge on any atom is 0.163 e. The Bertz CT molecular complexity index is 360. The van der Waals surface area contributed by atoms with Gasteiger partial charge in [-0.2, -0.15) is 0 Å². The van der Waals surface area contributed by atoms with Crippen molar-refractivity contribution in [1.29, 1.82) is 0 Å². The third kappa shape index (κ3) is 1.10. The summed E-state index contributed by atoms with van der Waals surface area (Å²) in [4.78, 5) is 11.3. The number of Topliss-reactive ketones (excluding diaryl/α,β-unsaturated/α-hetero) is 1. The van der Waals surface area contributed by atoms with Gasteiger partial charge in [-0.15, -0.1) is 0 Å². The predicted octanol–water partition coefficient (Wildman–Crippen LogP) is 3.23. The molecule has 3 heteroatoms. The Hall–Kier alpha value is -0.340. The van der Waals surface area contributed by atoms with Gasteiger partial charge in [-0.05, 0) is 40.0 Å². The molecule has 0 N–H and O–H groups in total. The van der Waals surface area contributed by atoms with Crippen LogP contribution < -0.4 is 0 Å². The van der Waals surface area contributed by atoms with Gasteiger partial charge in [-0.1, -0.05) is 11.6 Å². The van der Waals surface area contributed by atoms with Crippen LogP contribution in [0.1, 0.15) is 22.3 Å². The van der Waals surface area contributed by atoms with Crippen molar-refractivity contribution in [3.05, 3.63) is 32.8 Å². The first-order valence-corrected chi connectivity index (χ1v) is 4.87. The first-order chi connectivity index (χ1) is 5.70. The van der Waals surface area contributed by atoms with E-state index in [1.807, 2.05) is 0 Å². The van der Waals surface area contributed by atoms with Crippen LogP contribution >= 0.6 is 27.5 Å². The van der Waals surface area contributed by atoms with E-state index in [9.17, 15) is 4.79 Å². The monoisotopic (exact) mass is 244 g/mol. The molecular weight excluding hydrogens is 239 g/mol. The summed E-state index contributed by atoms with van der Waals surface area (Å²) in [5.74, 6) is 0.224. The van der Waals surface area contributed by atoms with Crippen molar-refractivity contribution in [2.75, 3.05) is 0 Å². The van der Waals surface area contributed by atoms with Crippen LogP contribution in [0.15, 0.2) is 16.6 Å². The lowest BCUT2D eigenvalue weighted by atomic mass is 10.1. The van der Waals surface area contributed by atoms with Crippen molar-refractivity contribution in [2.24, 2.45) is 0 Å². The Morgan fingerprint density at radius 2 is 2.08 bits per heavy atom. The fourth-order valence-electron chi connectivity index (χ4n) is 1.47. The summed E-state index contributed by atoms with van der Waals surface area (Å²) < 4.78 is 0.882. The molecule has 62 valence electrons. The molecule has 1 nitrogen and oxygen atoms in total. The summed E-state index contributed by atoms with van der Waals surface area (Å²) in [6, 6.07) is 3.56. The van der Waals surface area contributed by atoms with Gasteiger partial charge in [0.25, 0.3) is 0 Å². The van der Waals surface area contributed by atoms with Crippen LogP contribution in [0.5, 0.6) is 0 Å². The van der Waals surface area contributed by atoms with E-state index in [1.165, 1.54) is 0 Å². The average molecular weight is 246 g/mol. The predicted molar refractivity (Wildman–Crippen MR) is 51.8 cm³/mol. The topological polar surface area (TPSA) is 17.1 Å². The molecule has 2 rings (SSSR count). The molecule has 0 atom stereocenters. The Balaban J connectivity index is 2.68. The summed E-state index contributed by atoms with van der Waals surface area (Å²) in [5.41, 5.74) is 1.89. The quantitative estimate of drug-likeness (QED) is 0.686. The number of halogens is 2. The number of ketones is 1. The minimum Gasteiger partial charge on any atom is -0.294 e. The number of fused-ring (bicyclic) bond motifs is 1. The van der Waals surface area contributed by atoms with Crippen LogP contribution in [0.4, 0.5) is 0 Å². The van der Waals surface area contributed by atoms with Gasteiger partial charge >= 0.3 is 0 Å². The highest BCUT2D eigenvalue weighted by atomic mass is 79.9. The molecule has 0 aliphatic heterocycles. The van der Waals surface area contributed by atoms with Crippen LogP contribution in [0, 0.1) is 0 Å². The molecule has 1 aromatic rings. The zero-order chi connectivity index (χ0) is 8.72. The molecular formula is C9H6BrClO. The Morgan fingerprint density at radius 1 is 1.33 bits per heavy atom. The zero-order valence-electron chi connectivity index (χ0n) is 6.23. The molecule has 0 saturated heterocycles. The largest absolute Gasteiger partial charge is 0.294 e. The van der Waals surface area contributed by atoms with Gasteiger partial charge in [0.05, 0.1) is 5.02 Å².